The second-order valence-electron chi connectivity index (χ2n) is 6.78. The van der Waals surface area contributed by atoms with Gasteiger partial charge in [0.2, 0.25) is 0 Å². The molecule has 1 heterocycles. The van der Waals surface area contributed by atoms with Crippen LogP contribution in [0.4, 0.5) is 13.2 Å². The zero-order chi connectivity index (χ0) is 24.7. The summed E-state index contributed by atoms with van der Waals surface area (Å²) < 4.78 is 50.4. The van der Waals surface area contributed by atoms with Gasteiger partial charge in [-0.2, -0.15) is 13.2 Å². The van der Waals surface area contributed by atoms with E-state index >= 15 is 0 Å². The van der Waals surface area contributed by atoms with E-state index in [2.05, 4.69) is 15.5 Å². The summed E-state index contributed by atoms with van der Waals surface area (Å²) in [6.45, 7) is 1.84. The van der Waals surface area contributed by atoms with Crippen molar-refractivity contribution in [2.24, 2.45) is 0 Å². The van der Waals surface area contributed by atoms with Crippen LogP contribution in [0.3, 0.4) is 0 Å². The zero-order valence-electron chi connectivity index (χ0n) is 18.3. The molecule has 180 valence electrons. The molecule has 0 radical (unpaired) electrons. The van der Waals surface area contributed by atoms with Gasteiger partial charge in [-0.05, 0) is 55.5 Å². The van der Waals surface area contributed by atoms with E-state index in [0.717, 1.165) is 23.9 Å². The highest BCUT2D eigenvalue weighted by atomic mass is 32.2. The van der Waals surface area contributed by atoms with Gasteiger partial charge in [0.15, 0.2) is 11.0 Å². The summed E-state index contributed by atoms with van der Waals surface area (Å²) in [5, 5.41) is 11.1. The lowest BCUT2D eigenvalue weighted by Gasteiger charge is -2.13. The highest BCUT2D eigenvalue weighted by Crippen LogP contribution is 2.30. The number of thioether (sulfide) groups is 1. The number of carbonyl (C=O) groups is 2. The predicted octanol–water partition coefficient (Wildman–Crippen LogP) is 3.88. The molecule has 0 aliphatic heterocycles. The Balaban J connectivity index is 1.84. The van der Waals surface area contributed by atoms with Crippen molar-refractivity contribution < 1.29 is 32.2 Å². The van der Waals surface area contributed by atoms with Crippen LogP contribution < -0.4 is 10.1 Å². The van der Waals surface area contributed by atoms with Crippen LogP contribution in [-0.2, 0) is 22.3 Å². The number of alkyl halides is 3. The summed E-state index contributed by atoms with van der Waals surface area (Å²) in [7, 11) is 1.51. The quantitative estimate of drug-likeness (QED) is 0.356. The van der Waals surface area contributed by atoms with Gasteiger partial charge in [0.25, 0.3) is 5.91 Å². The number of methoxy groups -OCH3 is 1. The Kier molecular flexibility index (Phi) is 8.16. The normalized spacial score (nSPS) is 11.2. The van der Waals surface area contributed by atoms with E-state index in [1.807, 2.05) is 0 Å². The van der Waals surface area contributed by atoms with Gasteiger partial charge in [0, 0.05) is 11.3 Å². The molecule has 0 unspecified atom stereocenters. The van der Waals surface area contributed by atoms with Gasteiger partial charge in [-0.3, -0.25) is 14.2 Å². The molecule has 3 rings (SSSR count). The summed E-state index contributed by atoms with van der Waals surface area (Å²) in [6.07, 6.45) is -4.48. The lowest BCUT2D eigenvalue weighted by molar-refractivity contribution is -0.140. The third-order valence-electron chi connectivity index (χ3n) is 4.54. The van der Waals surface area contributed by atoms with E-state index in [-0.39, 0.29) is 35.8 Å². The van der Waals surface area contributed by atoms with E-state index in [1.54, 1.807) is 31.2 Å². The van der Waals surface area contributed by atoms with Gasteiger partial charge >= 0.3 is 12.1 Å². The van der Waals surface area contributed by atoms with Gasteiger partial charge in [0.1, 0.15) is 5.75 Å². The maximum Gasteiger partial charge on any atom is 0.416 e. The maximum atomic E-state index is 13.0. The number of carbonyl (C=O) groups excluding carboxylic acids is 2. The van der Waals surface area contributed by atoms with Gasteiger partial charge in [-0.25, -0.2) is 0 Å². The van der Waals surface area contributed by atoms with Crippen LogP contribution in [0.15, 0.2) is 53.7 Å². The minimum atomic E-state index is -4.48. The molecule has 0 fully saturated rings. The topological polar surface area (TPSA) is 95.3 Å². The molecule has 0 saturated heterocycles. The third kappa shape index (κ3) is 6.28. The average Bonchev–Trinajstić information content (AvgIpc) is 3.23. The number of benzene rings is 2. The Hall–Kier alpha value is -3.54. The molecule has 2 aromatic carbocycles. The van der Waals surface area contributed by atoms with Crippen molar-refractivity contribution in [1.82, 2.24) is 20.1 Å². The summed E-state index contributed by atoms with van der Waals surface area (Å²) in [4.78, 5) is 24.3. The van der Waals surface area contributed by atoms with E-state index in [0.29, 0.717) is 17.0 Å². The molecular formula is C22H21F3N4O4S. The van der Waals surface area contributed by atoms with Crippen LogP contribution in [-0.4, -0.2) is 46.1 Å². The lowest BCUT2D eigenvalue weighted by Crippen LogP contribution is -2.24. The van der Waals surface area contributed by atoms with E-state index in [1.165, 1.54) is 23.8 Å². The standard InChI is InChI=1S/C22H21F3N4O4S/c1-3-33-19(30)13-34-21-28-27-18(12-26-20(31)14-4-10-17(32-2)11-5-14)29(21)16-8-6-15(7-9-16)22(23,24)25/h4-11H,3,12-13H2,1-2H3,(H,26,31). The van der Waals surface area contributed by atoms with Crippen molar-refractivity contribution in [3.8, 4) is 11.4 Å². The van der Waals surface area contributed by atoms with Gasteiger partial charge in [-0.15, -0.1) is 10.2 Å². The zero-order valence-corrected chi connectivity index (χ0v) is 19.1. The monoisotopic (exact) mass is 494 g/mol. The average molecular weight is 494 g/mol. The fraction of sp³-hybridized carbons (Fsp3) is 0.273. The number of esters is 1. The Morgan fingerprint density at radius 2 is 1.74 bits per heavy atom. The fourth-order valence-corrected chi connectivity index (χ4v) is 3.67. The first-order chi connectivity index (χ1) is 16.2. The van der Waals surface area contributed by atoms with Crippen LogP contribution >= 0.6 is 11.8 Å². The molecule has 0 bridgehead atoms. The number of nitrogens with zero attached hydrogens (tertiary/aromatic N) is 3. The van der Waals surface area contributed by atoms with Gasteiger partial charge in [-0.1, -0.05) is 11.8 Å². The van der Waals surface area contributed by atoms with Crippen LogP contribution in [0, 0.1) is 0 Å². The molecule has 12 heteroatoms. The number of rotatable bonds is 9. The highest BCUT2D eigenvalue weighted by Gasteiger charge is 2.30. The molecule has 1 amide bonds. The molecular weight excluding hydrogens is 473 g/mol. The Bertz CT molecular complexity index is 1130. The minimum Gasteiger partial charge on any atom is -0.497 e. The second kappa shape index (κ2) is 11.1. The molecule has 1 N–H and O–H groups in total. The van der Waals surface area contributed by atoms with Crippen LogP contribution in [0.25, 0.3) is 5.69 Å². The number of ether oxygens (including phenoxy) is 2. The maximum absolute atomic E-state index is 13.0. The molecule has 0 saturated carbocycles. The van der Waals surface area contributed by atoms with E-state index in [4.69, 9.17) is 9.47 Å². The van der Waals surface area contributed by atoms with Crippen molar-refractivity contribution in [2.45, 2.75) is 24.8 Å². The molecule has 8 nitrogen and oxygen atoms in total. The van der Waals surface area contributed by atoms with Crippen molar-refractivity contribution in [3.63, 3.8) is 0 Å². The number of hydrogen-bond donors (Lipinski definition) is 1. The van der Waals surface area contributed by atoms with Crippen molar-refractivity contribution in [1.29, 1.82) is 0 Å². The van der Waals surface area contributed by atoms with Crippen LogP contribution in [0.1, 0.15) is 28.7 Å². The number of aromatic nitrogens is 3. The van der Waals surface area contributed by atoms with Crippen LogP contribution in [0.5, 0.6) is 5.75 Å². The van der Waals surface area contributed by atoms with Crippen LogP contribution in [0.2, 0.25) is 0 Å². The first kappa shape index (κ1) is 25.1. The van der Waals surface area contributed by atoms with Gasteiger partial charge < -0.3 is 14.8 Å². The number of amides is 1. The molecule has 0 atom stereocenters. The smallest absolute Gasteiger partial charge is 0.416 e. The minimum absolute atomic E-state index is 0.0567. The number of hydrogen-bond acceptors (Lipinski definition) is 7. The van der Waals surface area contributed by atoms with Gasteiger partial charge in [0.05, 0.1) is 31.6 Å². The number of halogens is 3. The van der Waals surface area contributed by atoms with Crippen molar-refractivity contribution in [2.75, 3.05) is 19.5 Å². The fourth-order valence-electron chi connectivity index (χ4n) is 2.90. The Morgan fingerprint density at radius 3 is 2.32 bits per heavy atom. The number of nitrogens with one attached hydrogen (secondary N) is 1. The molecule has 0 aliphatic rings. The summed E-state index contributed by atoms with van der Waals surface area (Å²) in [6, 6.07) is 10.9. The van der Waals surface area contributed by atoms with E-state index < -0.39 is 17.7 Å². The largest absolute Gasteiger partial charge is 0.497 e. The van der Waals surface area contributed by atoms with Crippen molar-refractivity contribution in [3.05, 3.63) is 65.5 Å². The molecule has 3 aromatic rings. The molecule has 0 spiro atoms. The first-order valence-electron chi connectivity index (χ1n) is 10.1. The third-order valence-corrected chi connectivity index (χ3v) is 5.44. The highest BCUT2D eigenvalue weighted by molar-refractivity contribution is 7.99. The predicted molar refractivity (Wildman–Crippen MR) is 118 cm³/mol. The Morgan fingerprint density at radius 1 is 1.06 bits per heavy atom. The molecule has 34 heavy (non-hydrogen) atoms. The summed E-state index contributed by atoms with van der Waals surface area (Å²) in [5.41, 5.74) is -0.0734. The molecule has 0 aliphatic carbocycles. The van der Waals surface area contributed by atoms with Crippen molar-refractivity contribution >= 4 is 23.6 Å². The molecule has 1 aromatic heterocycles. The lowest BCUT2D eigenvalue weighted by atomic mass is 10.2. The Labute approximate surface area is 197 Å². The summed E-state index contributed by atoms with van der Waals surface area (Å²) in [5.74, 6) is -0.0471. The summed E-state index contributed by atoms with van der Waals surface area (Å²) >= 11 is 1.02. The van der Waals surface area contributed by atoms with E-state index in [9.17, 15) is 22.8 Å². The first-order valence-corrected chi connectivity index (χ1v) is 11.0. The second-order valence-corrected chi connectivity index (χ2v) is 7.73. The SMILES string of the molecule is CCOC(=O)CSc1nnc(CNC(=O)c2ccc(OC)cc2)n1-c1ccc(C(F)(F)F)cc1.